The highest BCUT2D eigenvalue weighted by Gasteiger charge is 2.30. The van der Waals surface area contributed by atoms with E-state index in [1.807, 2.05) is 0 Å². The molecule has 0 unspecified atom stereocenters. The molecule has 1 fully saturated rings. The number of piperidine rings is 1. The van der Waals surface area contributed by atoms with E-state index in [-0.39, 0.29) is 36.3 Å². The number of benzene rings is 2. The van der Waals surface area contributed by atoms with Crippen molar-refractivity contribution < 1.29 is 22.3 Å². The van der Waals surface area contributed by atoms with E-state index < -0.39 is 27.5 Å². The molecule has 1 aliphatic rings. The lowest BCUT2D eigenvalue weighted by Crippen LogP contribution is -2.47. The molecule has 1 amide bonds. The maximum absolute atomic E-state index is 15.0. The second-order valence-corrected chi connectivity index (χ2v) is 12.2. The van der Waals surface area contributed by atoms with Crippen LogP contribution >= 0.6 is 0 Å². The number of carbonyl (C=O) groups is 1. The Kier molecular flexibility index (Phi) is 7.98. The molecule has 2 heterocycles. The number of alkyl carbamates (subject to hydrolysis) is 1. The van der Waals surface area contributed by atoms with Gasteiger partial charge in [-0.05, 0) is 62.4 Å². The number of nitrogen functional groups attached to an aromatic ring is 1. The molecule has 4 rings (SSSR count). The number of nitrogens with zero attached hydrogens (tertiary/aromatic N) is 3. The van der Waals surface area contributed by atoms with E-state index >= 15 is 4.39 Å². The maximum Gasteiger partial charge on any atom is 0.407 e. The van der Waals surface area contributed by atoms with Crippen LogP contribution in [0.3, 0.4) is 0 Å². The molecule has 0 bridgehead atoms. The summed E-state index contributed by atoms with van der Waals surface area (Å²) in [6.45, 7) is 5.94. The first kappa shape index (κ1) is 27.5. The molecule has 1 aliphatic heterocycles. The Labute approximate surface area is 222 Å². The molecule has 0 radical (unpaired) electrons. The van der Waals surface area contributed by atoms with Crippen molar-refractivity contribution in [1.82, 2.24) is 19.6 Å². The number of nitrogens with one attached hydrogen (secondary N) is 1. The smallest absolute Gasteiger partial charge is 0.407 e. The number of nitrogens with two attached hydrogens (primary N) is 1. The number of halogens is 1. The quantitative estimate of drug-likeness (QED) is 0.475. The Morgan fingerprint density at radius 1 is 1.11 bits per heavy atom. The molecule has 2 aromatic carbocycles. The van der Waals surface area contributed by atoms with Crippen molar-refractivity contribution >= 4 is 21.9 Å². The first-order chi connectivity index (χ1) is 17.9. The van der Waals surface area contributed by atoms with Gasteiger partial charge in [-0.3, -0.25) is 4.98 Å². The van der Waals surface area contributed by atoms with E-state index in [9.17, 15) is 13.2 Å². The van der Waals surface area contributed by atoms with Gasteiger partial charge in [0.15, 0.2) is 0 Å². The standard InChI is InChI=1S/C27H32FN5O4S/c1-27(2,3)37-26(34)32-20-10-12-33(13-11-20)38(35,36)17-19-6-4-5-7-21(19)18-8-9-22(23(28)14-18)24-15-31-25(29)16-30-24/h4-9,14-16,20H,10-13,17H2,1-3H3,(H2,29,31)(H,32,34). The molecule has 3 N–H and O–H groups in total. The van der Waals surface area contributed by atoms with Crippen LogP contribution in [0.2, 0.25) is 0 Å². The number of carbonyl (C=O) groups excluding carboxylic acids is 1. The lowest BCUT2D eigenvalue weighted by molar-refractivity contribution is 0.0489. The van der Waals surface area contributed by atoms with E-state index in [2.05, 4.69) is 15.3 Å². The summed E-state index contributed by atoms with van der Waals surface area (Å²) in [5, 5.41) is 2.82. The minimum atomic E-state index is -3.65. The van der Waals surface area contributed by atoms with Gasteiger partial charge in [0.1, 0.15) is 17.2 Å². The number of hydrogen-bond donors (Lipinski definition) is 2. The summed E-state index contributed by atoms with van der Waals surface area (Å²) in [6.07, 6.45) is 3.23. The summed E-state index contributed by atoms with van der Waals surface area (Å²) < 4.78 is 48.4. The van der Waals surface area contributed by atoms with Gasteiger partial charge in [0.2, 0.25) is 10.0 Å². The summed E-state index contributed by atoms with van der Waals surface area (Å²) in [5.41, 5.74) is 7.35. The minimum Gasteiger partial charge on any atom is -0.444 e. The highest BCUT2D eigenvalue weighted by molar-refractivity contribution is 7.88. The highest BCUT2D eigenvalue weighted by atomic mass is 32.2. The van der Waals surface area contributed by atoms with Crippen LogP contribution in [-0.2, 0) is 20.5 Å². The number of ether oxygens (including phenoxy) is 1. The highest BCUT2D eigenvalue weighted by Crippen LogP contribution is 2.30. The fourth-order valence-electron chi connectivity index (χ4n) is 4.34. The zero-order chi connectivity index (χ0) is 27.5. The summed E-state index contributed by atoms with van der Waals surface area (Å²) in [4.78, 5) is 20.1. The van der Waals surface area contributed by atoms with E-state index in [0.29, 0.717) is 35.2 Å². The average molecular weight is 542 g/mol. The second-order valence-electron chi connectivity index (χ2n) is 10.3. The number of anilines is 1. The molecule has 1 aromatic heterocycles. The zero-order valence-corrected chi connectivity index (χ0v) is 22.5. The van der Waals surface area contributed by atoms with Gasteiger partial charge in [0.05, 0.1) is 23.8 Å². The lowest BCUT2D eigenvalue weighted by atomic mass is 9.98. The molecule has 1 saturated heterocycles. The maximum atomic E-state index is 15.0. The number of sulfonamides is 1. The molecule has 38 heavy (non-hydrogen) atoms. The zero-order valence-electron chi connectivity index (χ0n) is 21.6. The van der Waals surface area contributed by atoms with E-state index in [1.165, 1.54) is 22.8 Å². The topological polar surface area (TPSA) is 128 Å². The molecule has 0 aliphatic carbocycles. The summed E-state index contributed by atoms with van der Waals surface area (Å²) in [6, 6.07) is 11.6. The first-order valence-corrected chi connectivity index (χ1v) is 14.0. The van der Waals surface area contributed by atoms with Crippen LogP contribution in [-0.4, -0.2) is 53.5 Å². The van der Waals surface area contributed by atoms with Crippen LogP contribution in [0.4, 0.5) is 15.0 Å². The van der Waals surface area contributed by atoms with Crippen molar-refractivity contribution in [3.05, 3.63) is 66.2 Å². The third kappa shape index (κ3) is 6.84. The number of hydrogen-bond acceptors (Lipinski definition) is 7. The summed E-state index contributed by atoms with van der Waals surface area (Å²) in [5.74, 6) is -0.483. The van der Waals surface area contributed by atoms with Crippen LogP contribution in [0.5, 0.6) is 0 Å². The third-order valence-corrected chi connectivity index (χ3v) is 7.98. The van der Waals surface area contributed by atoms with Crippen molar-refractivity contribution in [3.8, 4) is 22.4 Å². The molecule has 202 valence electrons. The minimum absolute atomic E-state index is 0.157. The molecular weight excluding hydrogens is 509 g/mol. The van der Waals surface area contributed by atoms with Gasteiger partial charge in [-0.1, -0.05) is 30.3 Å². The monoisotopic (exact) mass is 541 g/mol. The van der Waals surface area contributed by atoms with Crippen LogP contribution in [0, 0.1) is 5.82 Å². The van der Waals surface area contributed by atoms with Gasteiger partial charge in [0.25, 0.3) is 0 Å². The summed E-state index contributed by atoms with van der Waals surface area (Å²) in [7, 11) is -3.65. The third-order valence-electron chi connectivity index (χ3n) is 6.15. The number of rotatable bonds is 6. The van der Waals surface area contributed by atoms with Gasteiger partial charge < -0.3 is 15.8 Å². The second kappa shape index (κ2) is 11.0. The Morgan fingerprint density at radius 3 is 2.45 bits per heavy atom. The van der Waals surface area contributed by atoms with Crippen LogP contribution in [0.25, 0.3) is 22.4 Å². The Morgan fingerprint density at radius 2 is 1.82 bits per heavy atom. The molecule has 11 heteroatoms. The van der Waals surface area contributed by atoms with Crippen molar-refractivity contribution in [3.63, 3.8) is 0 Å². The predicted octanol–water partition coefficient (Wildman–Crippen LogP) is 4.35. The van der Waals surface area contributed by atoms with Crippen molar-refractivity contribution in [1.29, 1.82) is 0 Å². The Hall–Kier alpha value is -3.57. The predicted molar refractivity (Wildman–Crippen MR) is 144 cm³/mol. The van der Waals surface area contributed by atoms with Crippen LogP contribution < -0.4 is 11.1 Å². The normalized spacial score (nSPS) is 15.3. The largest absolute Gasteiger partial charge is 0.444 e. The first-order valence-electron chi connectivity index (χ1n) is 12.3. The number of aromatic nitrogens is 2. The van der Waals surface area contributed by atoms with E-state index in [0.717, 1.165) is 0 Å². The van der Waals surface area contributed by atoms with Crippen LogP contribution in [0.1, 0.15) is 39.2 Å². The molecule has 0 saturated carbocycles. The van der Waals surface area contributed by atoms with E-state index in [1.54, 1.807) is 57.2 Å². The molecule has 3 aromatic rings. The molecule has 0 spiro atoms. The molecule has 9 nitrogen and oxygen atoms in total. The Bertz CT molecular complexity index is 1400. The van der Waals surface area contributed by atoms with Gasteiger partial charge >= 0.3 is 6.09 Å². The molecule has 0 atom stereocenters. The van der Waals surface area contributed by atoms with Crippen molar-refractivity contribution in [2.75, 3.05) is 18.8 Å². The van der Waals surface area contributed by atoms with Gasteiger partial charge in [0, 0.05) is 24.7 Å². The van der Waals surface area contributed by atoms with Crippen molar-refractivity contribution in [2.45, 2.75) is 51.0 Å². The fraction of sp³-hybridized carbons (Fsp3) is 0.370. The van der Waals surface area contributed by atoms with Gasteiger partial charge in [-0.15, -0.1) is 0 Å². The fourth-order valence-corrected chi connectivity index (χ4v) is 5.93. The van der Waals surface area contributed by atoms with Gasteiger partial charge in [-0.2, -0.15) is 0 Å². The number of amides is 1. The average Bonchev–Trinajstić information content (AvgIpc) is 2.84. The van der Waals surface area contributed by atoms with Crippen molar-refractivity contribution in [2.24, 2.45) is 0 Å². The van der Waals surface area contributed by atoms with Gasteiger partial charge in [-0.25, -0.2) is 26.9 Å². The SMILES string of the molecule is CC(C)(C)OC(=O)NC1CCN(S(=O)(=O)Cc2ccccc2-c2ccc(-c3cnc(N)cn3)c(F)c2)CC1. The Balaban J connectivity index is 1.46. The lowest BCUT2D eigenvalue weighted by Gasteiger charge is -2.32. The van der Waals surface area contributed by atoms with E-state index in [4.69, 9.17) is 10.5 Å². The summed E-state index contributed by atoms with van der Waals surface area (Å²) >= 11 is 0. The van der Waals surface area contributed by atoms with Crippen LogP contribution in [0.15, 0.2) is 54.9 Å². The molecular formula is C27H32FN5O4S.